The Kier molecular flexibility index (Phi) is 2.58. The van der Waals surface area contributed by atoms with Gasteiger partial charge in [0.15, 0.2) is 0 Å². The summed E-state index contributed by atoms with van der Waals surface area (Å²) in [7, 11) is 0. The smallest absolute Gasteiger partial charge is 0.128 e. The number of anilines is 1. The number of nitrogens with one attached hydrogen (secondary N) is 1. The Labute approximate surface area is 106 Å². The van der Waals surface area contributed by atoms with Crippen LogP contribution in [0.15, 0.2) is 24.3 Å². The molecule has 0 radical (unpaired) electrons. The molecule has 1 unspecified atom stereocenters. The molecule has 0 fully saturated rings. The number of benzene rings is 1. The third-order valence-corrected chi connectivity index (χ3v) is 3.62. The molecule has 0 spiro atoms. The topological polar surface area (TPSA) is 29.9 Å². The van der Waals surface area contributed by atoms with E-state index in [-0.39, 0.29) is 11.9 Å². The molecular formula is C14H16FN3. The molecule has 18 heavy (non-hydrogen) atoms. The average Bonchev–Trinajstić information content (AvgIpc) is 2.65. The van der Waals surface area contributed by atoms with Gasteiger partial charge in [-0.2, -0.15) is 5.10 Å². The van der Waals surface area contributed by atoms with Gasteiger partial charge in [0.25, 0.3) is 0 Å². The molecule has 0 saturated heterocycles. The fraction of sp³-hybridized carbons (Fsp3) is 0.357. The van der Waals surface area contributed by atoms with Gasteiger partial charge in [-0.25, -0.2) is 9.07 Å². The van der Waals surface area contributed by atoms with Gasteiger partial charge >= 0.3 is 0 Å². The van der Waals surface area contributed by atoms with Crippen molar-refractivity contribution in [3.8, 4) is 0 Å². The highest BCUT2D eigenvalue weighted by Gasteiger charge is 2.24. The lowest BCUT2D eigenvalue weighted by Gasteiger charge is -2.26. The van der Waals surface area contributed by atoms with Gasteiger partial charge in [0.05, 0.1) is 11.7 Å². The Balaban J connectivity index is 2.09. The van der Waals surface area contributed by atoms with Crippen molar-refractivity contribution in [2.45, 2.75) is 26.3 Å². The summed E-state index contributed by atoms with van der Waals surface area (Å²) in [6, 6.07) is 6.94. The first-order valence-corrected chi connectivity index (χ1v) is 6.22. The monoisotopic (exact) mass is 245 g/mol. The van der Waals surface area contributed by atoms with E-state index < -0.39 is 0 Å². The summed E-state index contributed by atoms with van der Waals surface area (Å²) >= 11 is 0. The maximum atomic E-state index is 13.3. The van der Waals surface area contributed by atoms with E-state index in [0.29, 0.717) is 0 Å². The van der Waals surface area contributed by atoms with Crippen molar-refractivity contribution in [2.75, 3.05) is 11.9 Å². The number of halogens is 1. The molecule has 1 aliphatic rings. The molecule has 1 N–H and O–H groups in total. The van der Waals surface area contributed by atoms with E-state index in [4.69, 9.17) is 0 Å². The quantitative estimate of drug-likeness (QED) is 0.837. The van der Waals surface area contributed by atoms with Crippen molar-refractivity contribution in [2.24, 2.45) is 0 Å². The summed E-state index contributed by atoms with van der Waals surface area (Å²) in [5.74, 6) is 0.876. The first-order valence-electron chi connectivity index (χ1n) is 6.22. The number of aromatic nitrogens is 2. The maximum Gasteiger partial charge on any atom is 0.128 e. The van der Waals surface area contributed by atoms with Crippen LogP contribution in [0.3, 0.4) is 0 Å². The minimum atomic E-state index is -0.187. The second-order valence-electron chi connectivity index (χ2n) is 4.79. The molecule has 1 aromatic heterocycles. The highest BCUT2D eigenvalue weighted by atomic mass is 19.1. The predicted octanol–water partition coefficient (Wildman–Crippen LogP) is 3.04. The van der Waals surface area contributed by atoms with Crippen LogP contribution in [0.1, 0.15) is 29.3 Å². The molecule has 3 rings (SSSR count). The number of rotatable bonds is 1. The molecule has 0 aliphatic carbocycles. The fourth-order valence-electron chi connectivity index (χ4n) is 2.54. The van der Waals surface area contributed by atoms with Gasteiger partial charge in [0.1, 0.15) is 11.6 Å². The SMILES string of the molecule is Cc1nn2c(c1C)NCCC2c1cccc(F)c1. The summed E-state index contributed by atoms with van der Waals surface area (Å²) in [6.07, 6.45) is 0.928. The maximum absolute atomic E-state index is 13.3. The standard InChI is InChI=1S/C14H16FN3/c1-9-10(2)17-18-13(6-7-16-14(9)18)11-4-3-5-12(15)8-11/h3-5,8,13,16H,6-7H2,1-2H3. The van der Waals surface area contributed by atoms with E-state index in [9.17, 15) is 4.39 Å². The Hall–Kier alpha value is -1.84. The van der Waals surface area contributed by atoms with Crippen LogP contribution < -0.4 is 5.32 Å². The van der Waals surface area contributed by atoms with Gasteiger partial charge in [-0.1, -0.05) is 12.1 Å². The lowest BCUT2D eigenvalue weighted by molar-refractivity contribution is 0.476. The summed E-state index contributed by atoms with van der Waals surface area (Å²) in [6.45, 7) is 4.97. The summed E-state index contributed by atoms with van der Waals surface area (Å²) in [5.41, 5.74) is 3.19. The minimum absolute atomic E-state index is 0.129. The molecule has 1 aliphatic heterocycles. The van der Waals surface area contributed by atoms with E-state index in [2.05, 4.69) is 17.3 Å². The van der Waals surface area contributed by atoms with E-state index in [1.54, 1.807) is 12.1 Å². The number of aryl methyl sites for hydroxylation is 1. The van der Waals surface area contributed by atoms with Crippen LogP contribution in [0.25, 0.3) is 0 Å². The lowest BCUT2D eigenvalue weighted by atomic mass is 10.0. The third kappa shape index (κ3) is 1.68. The van der Waals surface area contributed by atoms with Crippen LogP contribution in [0.5, 0.6) is 0 Å². The summed E-state index contributed by atoms with van der Waals surface area (Å²) in [5, 5.41) is 7.94. The number of hydrogen-bond donors (Lipinski definition) is 1. The van der Waals surface area contributed by atoms with Crippen LogP contribution in [-0.2, 0) is 0 Å². The largest absolute Gasteiger partial charge is 0.370 e. The fourth-order valence-corrected chi connectivity index (χ4v) is 2.54. The van der Waals surface area contributed by atoms with Crippen LogP contribution in [0.2, 0.25) is 0 Å². The zero-order valence-electron chi connectivity index (χ0n) is 10.6. The molecule has 4 heteroatoms. The first kappa shape index (κ1) is 11.3. The highest BCUT2D eigenvalue weighted by molar-refractivity contribution is 5.49. The Bertz CT molecular complexity index is 589. The van der Waals surface area contributed by atoms with Crippen LogP contribution >= 0.6 is 0 Å². The highest BCUT2D eigenvalue weighted by Crippen LogP contribution is 2.32. The molecule has 0 saturated carbocycles. The normalized spacial score (nSPS) is 18.3. The number of nitrogens with zero attached hydrogens (tertiary/aromatic N) is 2. The molecule has 94 valence electrons. The third-order valence-electron chi connectivity index (χ3n) is 3.62. The number of hydrogen-bond acceptors (Lipinski definition) is 2. The van der Waals surface area contributed by atoms with E-state index >= 15 is 0 Å². The van der Waals surface area contributed by atoms with E-state index in [1.807, 2.05) is 17.7 Å². The predicted molar refractivity (Wildman–Crippen MR) is 69.3 cm³/mol. The molecule has 1 atom stereocenters. The van der Waals surface area contributed by atoms with Gasteiger partial charge in [0.2, 0.25) is 0 Å². The minimum Gasteiger partial charge on any atom is -0.370 e. The van der Waals surface area contributed by atoms with Crippen molar-refractivity contribution in [1.82, 2.24) is 9.78 Å². The van der Waals surface area contributed by atoms with Crippen molar-refractivity contribution in [3.63, 3.8) is 0 Å². The Morgan fingerprint density at radius 2 is 2.22 bits per heavy atom. The van der Waals surface area contributed by atoms with Gasteiger partial charge in [-0.15, -0.1) is 0 Å². The van der Waals surface area contributed by atoms with Crippen molar-refractivity contribution >= 4 is 5.82 Å². The van der Waals surface area contributed by atoms with Crippen LogP contribution in [0, 0.1) is 19.7 Å². The van der Waals surface area contributed by atoms with E-state index in [0.717, 1.165) is 30.0 Å². The van der Waals surface area contributed by atoms with E-state index in [1.165, 1.54) is 11.6 Å². The molecule has 2 aromatic rings. The van der Waals surface area contributed by atoms with Crippen LogP contribution in [0.4, 0.5) is 10.2 Å². The lowest BCUT2D eigenvalue weighted by Crippen LogP contribution is -2.24. The zero-order valence-corrected chi connectivity index (χ0v) is 10.6. The second kappa shape index (κ2) is 4.12. The van der Waals surface area contributed by atoms with Crippen molar-refractivity contribution in [3.05, 3.63) is 46.9 Å². The molecule has 2 heterocycles. The Morgan fingerprint density at radius 3 is 3.00 bits per heavy atom. The van der Waals surface area contributed by atoms with Crippen molar-refractivity contribution in [1.29, 1.82) is 0 Å². The average molecular weight is 245 g/mol. The molecule has 3 nitrogen and oxygen atoms in total. The van der Waals surface area contributed by atoms with Crippen molar-refractivity contribution < 1.29 is 4.39 Å². The Morgan fingerprint density at radius 1 is 1.39 bits per heavy atom. The molecule has 0 bridgehead atoms. The van der Waals surface area contributed by atoms with Gasteiger partial charge in [-0.05, 0) is 38.0 Å². The zero-order chi connectivity index (χ0) is 12.7. The van der Waals surface area contributed by atoms with Gasteiger partial charge in [-0.3, -0.25) is 0 Å². The molecule has 1 aromatic carbocycles. The first-order chi connectivity index (χ1) is 8.66. The van der Waals surface area contributed by atoms with Gasteiger partial charge < -0.3 is 5.32 Å². The molecule has 0 amide bonds. The molecular weight excluding hydrogens is 229 g/mol. The van der Waals surface area contributed by atoms with Crippen LogP contribution in [-0.4, -0.2) is 16.3 Å². The number of fused-ring (bicyclic) bond motifs is 1. The second-order valence-corrected chi connectivity index (χ2v) is 4.79. The summed E-state index contributed by atoms with van der Waals surface area (Å²) in [4.78, 5) is 0. The van der Waals surface area contributed by atoms with Gasteiger partial charge in [0, 0.05) is 12.1 Å². The summed E-state index contributed by atoms with van der Waals surface area (Å²) < 4.78 is 15.3.